The summed E-state index contributed by atoms with van der Waals surface area (Å²) in [5.74, 6) is -18.8. The second kappa shape index (κ2) is 20.4. The van der Waals surface area contributed by atoms with E-state index in [0.717, 1.165) is 62.3 Å². The predicted molar refractivity (Wildman–Crippen MR) is 153 cm³/mol. The number of carbonyl (C=O) groups is 15. The van der Waals surface area contributed by atoms with Gasteiger partial charge in [0, 0.05) is 0 Å². The van der Waals surface area contributed by atoms with Crippen LogP contribution in [0, 0.1) is 16.2 Å². The first-order valence-corrected chi connectivity index (χ1v) is 13.3. The Balaban J connectivity index is -0.000000307. The number of hydrogen-bond acceptors (Lipinski definition) is 18. The van der Waals surface area contributed by atoms with Crippen molar-refractivity contribution < 1.29 is 87.2 Å². The molecule has 0 N–H and O–H groups in total. The van der Waals surface area contributed by atoms with E-state index in [-0.39, 0.29) is 17.4 Å². The van der Waals surface area contributed by atoms with Crippen molar-refractivity contribution in [2.45, 2.75) is 81.6 Å². The van der Waals surface area contributed by atoms with Crippen LogP contribution in [0.25, 0.3) is 0 Å². The topological polar surface area (TPSA) is 325 Å². The van der Waals surface area contributed by atoms with Crippen LogP contribution >= 0.6 is 0 Å². The number of carbonyl (C=O) groups excluding carboxylic acids is 15. The first-order valence-electron chi connectivity index (χ1n) is 13.3. The molecule has 0 rings (SSSR count). The van der Waals surface area contributed by atoms with Crippen LogP contribution in [0.5, 0.6) is 0 Å². The molecule has 0 atom stereocenters. The molecule has 0 unspecified atom stereocenters. The molecular formula is C30H33AlO18. The fourth-order valence-electron chi connectivity index (χ4n) is 4.20. The second-order valence-corrected chi connectivity index (χ2v) is 10.4. The molecule has 18 nitrogen and oxygen atoms in total. The molecule has 0 aromatic heterocycles. The molecule has 0 saturated heterocycles. The Kier molecular flexibility index (Phi) is 21.1. The van der Waals surface area contributed by atoms with Gasteiger partial charge in [0.15, 0.2) is 68.3 Å². The molecule has 0 spiro atoms. The Morgan fingerprint density at radius 3 is 0.510 bits per heavy atom. The second-order valence-electron chi connectivity index (χ2n) is 10.4. The molecule has 0 fully saturated rings. The average molecular weight is 709 g/mol. The van der Waals surface area contributed by atoms with Crippen LogP contribution in [0.15, 0.2) is 0 Å². The summed E-state index contributed by atoms with van der Waals surface area (Å²) < 4.78 is 0. The molecular weight excluding hydrogens is 675 g/mol. The molecule has 0 radical (unpaired) electrons. The van der Waals surface area contributed by atoms with Crippen molar-refractivity contribution >= 4 is 105 Å². The zero-order chi connectivity index (χ0) is 39.3. The Bertz CT molecular complexity index is 1210. The standard InChI is InChI=1S/3C10H12O6.Al/c3*1-5(11)4-8(14)10(6(2)12,7(3)13)9(15)16;/h3*4H2,1-3H3,(H,15,16);/q;;;+3/p-3. The minimum absolute atomic E-state index is 0. The van der Waals surface area contributed by atoms with E-state index in [0.29, 0.717) is 0 Å². The molecule has 49 heavy (non-hydrogen) atoms. The van der Waals surface area contributed by atoms with E-state index < -0.39 is 123 Å². The SMILES string of the molecule is CC(=O)CC(=O)C(C(C)=O)(C(C)=O)C(=O)[O-].CC(=O)CC(=O)C(C(C)=O)(C(C)=O)C(=O)[O-].CC(=O)CC(=O)C(C(C)=O)(C(C)=O)C(=O)[O-].[Al+3]. The molecule has 0 aliphatic carbocycles. The molecule has 0 bridgehead atoms. The van der Waals surface area contributed by atoms with E-state index in [4.69, 9.17) is 0 Å². The summed E-state index contributed by atoms with van der Waals surface area (Å²) in [4.78, 5) is 166. The van der Waals surface area contributed by atoms with Crippen LogP contribution in [0.3, 0.4) is 0 Å². The number of rotatable bonds is 18. The van der Waals surface area contributed by atoms with Crippen LogP contribution in [0.1, 0.15) is 81.6 Å². The van der Waals surface area contributed by atoms with Crippen molar-refractivity contribution in [1.29, 1.82) is 0 Å². The number of aliphatic carboxylic acids is 3. The van der Waals surface area contributed by atoms with E-state index in [9.17, 15) is 87.2 Å². The van der Waals surface area contributed by atoms with E-state index >= 15 is 0 Å². The summed E-state index contributed by atoms with van der Waals surface area (Å²) >= 11 is 0. The predicted octanol–water partition coefficient (Wildman–Crippen LogP) is -5.03. The van der Waals surface area contributed by atoms with E-state index in [1.807, 2.05) is 0 Å². The van der Waals surface area contributed by atoms with E-state index in [2.05, 4.69) is 0 Å². The smallest absolute Gasteiger partial charge is 0.548 e. The van der Waals surface area contributed by atoms with Gasteiger partial charge in [0.25, 0.3) is 0 Å². The van der Waals surface area contributed by atoms with Gasteiger partial charge in [-0.1, -0.05) is 0 Å². The maximum absolute atomic E-state index is 11.5. The fourth-order valence-corrected chi connectivity index (χ4v) is 4.20. The van der Waals surface area contributed by atoms with Crippen molar-refractivity contribution in [3.8, 4) is 0 Å². The fraction of sp³-hybridized carbons (Fsp3) is 0.500. The van der Waals surface area contributed by atoms with Gasteiger partial charge in [-0.15, -0.1) is 0 Å². The average Bonchev–Trinajstić information content (AvgIpc) is 2.82. The Labute approximate surface area is 289 Å². The first-order chi connectivity index (χ1) is 21.5. The summed E-state index contributed by atoms with van der Waals surface area (Å²) in [5, 5.41) is 32.5. The van der Waals surface area contributed by atoms with Gasteiger partial charge in [-0.05, 0) is 62.3 Å². The molecule has 0 heterocycles. The third-order valence-electron chi connectivity index (χ3n) is 6.57. The molecule has 19 heteroatoms. The van der Waals surface area contributed by atoms with Crippen LogP contribution in [0.4, 0.5) is 0 Å². The Morgan fingerprint density at radius 1 is 0.327 bits per heavy atom. The van der Waals surface area contributed by atoms with Gasteiger partial charge in [-0.25, -0.2) is 0 Å². The summed E-state index contributed by atoms with van der Waals surface area (Å²) in [5.41, 5.74) is -8.52. The van der Waals surface area contributed by atoms with E-state index in [1.54, 1.807) is 0 Å². The molecule has 264 valence electrons. The minimum atomic E-state index is -2.84. The third kappa shape index (κ3) is 11.6. The molecule has 0 aromatic rings. The summed E-state index contributed by atoms with van der Waals surface area (Å²) in [7, 11) is 0. The van der Waals surface area contributed by atoms with Gasteiger partial charge in [0.2, 0.25) is 0 Å². The van der Waals surface area contributed by atoms with Gasteiger partial charge >= 0.3 is 17.4 Å². The van der Waals surface area contributed by atoms with Gasteiger partial charge in [-0.3, -0.25) is 57.5 Å². The minimum Gasteiger partial charge on any atom is -0.548 e. The Morgan fingerprint density at radius 2 is 0.449 bits per heavy atom. The zero-order valence-corrected chi connectivity index (χ0v) is 29.2. The van der Waals surface area contributed by atoms with Crippen LogP contribution < -0.4 is 15.3 Å². The summed E-state index contributed by atoms with van der Waals surface area (Å²) in [6.45, 7) is 7.97. The van der Waals surface area contributed by atoms with Gasteiger partial charge in [-0.2, -0.15) is 0 Å². The number of ketones is 12. The number of carboxylic acids is 3. The summed E-state index contributed by atoms with van der Waals surface area (Å²) in [6.07, 6.45) is -2.35. The number of carboxylic acid groups (broad SMARTS) is 3. The third-order valence-corrected chi connectivity index (χ3v) is 6.57. The number of hydrogen-bond donors (Lipinski definition) is 0. The molecule has 0 amide bonds. The molecule has 0 aliphatic rings. The van der Waals surface area contributed by atoms with Crippen molar-refractivity contribution in [2.24, 2.45) is 16.2 Å². The summed E-state index contributed by atoms with van der Waals surface area (Å²) in [6, 6.07) is 0. The maximum Gasteiger partial charge on any atom is 3.00 e. The molecule has 0 saturated carbocycles. The first kappa shape index (κ1) is 50.8. The van der Waals surface area contributed by atoms with Gasteiger partial charge in [0.05, 0.1) is 37.2 Å². The van der Waals surface area contributed by atoms with Crippen molar-refractivity contribution in [1.82, 2.24) is 0 Å². The maximum atomic E-state index is 11.5. The monoisotopic (exact) mass is 708 g/mol. The van der Waals surface area contributed by atoms with Crippen molar-refractivity contribution in [3.05, 3.63) is 0 Å². The van der Waals surface area contributed by atoms with Crippen LogP contribution in [-0.2, 0) is 71.9 Å². The van der Waals surface area contributed by atoms with E-state index in [1.165, 1.54) is 0 Å². The van der Waals surface area contributed by atoms with Gasteiger partial charge < -0.3 is 29.7 Å². The molecule has 0 aromatic carbocycles. The normalized spacial score (nSPS) is 10.5. The quantitative estimate of drug-likeness (QED) is 0.0949. The largest absolute Gasteiger partial charge is 3.00 e. The van der Waals surface area contributed by atoms with Crippen molar-refractivity contribution in [3.63, 3.8) is 0 Å². The van der Waals surface area contributed by atoms with Crippen LogP contribution in [-0.4, -0.2) is 105 Å². The zero-order valence-electron chi connectivity index (χ0n) is 28.0. The Hall–Kier alpha value is -5.02. The molecule has 0 aliphatic heterocycles. The van der Waals surface area contributed by atoms with Crippen molar-refractivity contribution in [2.75, 3.05) is 0 Å². The van der Waals surface area contributed by atoms with Crippen LogP contribution in [0.2, 0.25) is 0 Å². The number of Topliss-reactive ketones (excluding diaryl/α,β-unsaturated/α-hetero) is 12. The van der Waals surface area contributed by atoms with Gasteiger partial charge in [0.1, 0.15) is 17.3 Å².